The van der Waals surface area contributed by atoms with Gasteiger partial charge in [-0.25, -0.2) is 8.42 Å². The Hall–Kier alpha value is -2.62. The normalized spacial score (nSPS) is 17.0. The molecule has 29 heavy (non-hydrogen) atoms. The number of amides is 1. The van der Waals surface area contributed by atoms with Crippen molar-refractivity contribution in [2.75, 3.05) is 39.5 Å². The molecule has 2 aromatic rings. The number of nitrogens with zero attached hydrogens (tertiary/aromatic N) is 1. The Kier molecular flexibility index (Phi) is 5.70. The predicted octanol–water partition coefficient (Wildman–Crippen LogP) is 1.41. The molecule has 0 aromatic heterocycles. The number of benzene rings is 2. The van der Waals surface area contributed by atoms with Gasteiger partial charge in [0, 0.05) is 25.2 Å². The van der Waals surface area contributed by atoms with Crippen molar-refractivity contribution in [3.05, 3.63) is 53.6 Å². The topological polar surface area (TPSA) is 94.2 Å². The van der Waals surface area contributed by atoms with Gasteiger partial charge in [-0.3, -0.25) is 4.79 Å². The van der Waals surface area contributed by atoms with Crippen molar-refractivity contribution in [3.8, 4) is 11.5 Å². The fraction of sp³-hybridized carbons (Fsp3) is 0.350. The zero-order chi connectivity index (χ0) is 20.3. The van der Waals surface area contributed by atoms with E-state index in [1.807, 2.05) is 0 Å². The van der Waals surface area contributed by atoms with E-state index in [0.29, 0.717) is 56.6 Å². The van der Waals surface area contributed by atoms with Gasteiger partial charge in [0.1, 0.15) is 13.2 Å². The summed E-state index contributed by atoms with van der Waals surface area (Å²) in [6.07, 6.45) is 0. The second kappa shape index (κ2) is 8.40. The van der Waals surface area contributed by atoms with Crippen molar-refractivity contribution < 1.29 is 27.4 Å². The lowest BCUT2D eigenvalue weighted by Gasteiger charge is -2.26. The van der Waals surface area contributed by atoms with Crippen LogP contribution in [0.2, 0.25) is 0 Å². The monoisotopic (exact) mass is 418 g/mol. The first-order chi connectivity index (χ1) is 14.0. The first-order valence-electron chi connectivity index (χ1n) is 9.39. The number of carbonyl (C=O) groups excluding carboxylic acids is 1. The fourth-order valence-electron chi connectivity index (χ4n) is 3.18. The fourth-order valence-corrected chi connectivity index (χ4v) is 4.59. The maximum Gasteiger partial charge on any atom is 0.251 e. The smallest absolute Gasteiger partial charge is 0.251 e. The molecule has 2 aliphatic rings. The van der Waals surface area contributed by atoms with E-state index in [9.17, 15) is 13.2 Å². The third kappa shape index (κ3) is 4.36. The van der Waals surface area contributed by atoms with Gasteiger partial charge in [0.15, 0.2) is 11.5 Å². The van der Waals surface area contributed by atoms with E-state index in [2.05, 4.69) is 5.32 Å². The number of ether oxygens (including phenoxy) is 3. The lowest BCUT2D eigenvalue weighted by atomic mass is 10.1. The van der Waals surface area contributed by atoms with Crippen LogP contribution in [0.4, 0.5) is 0 Å². The first-order valence-corrected chi connectivity index (χ1v) is 10.8. The highest BCUT2D eigenvalue weighted by atomic mass is 32.2. The summed E-state index contributed by atoms with van der Waals surface area (Å²) < 4.78 is 42.9. The molecule has 2 aromatic carbocycles. The van der Waals surface area contributed by atoms with Crippen molar-refractivity contribution in [2.45, 2.75) is 11.4 Å². The maximum atomic E-state index is 12.6. The van der Waals surface area contributed by atoms with Crippen LogP contribution in [-0.4, -0.2) is 58.1 Å². The van der Waals surface area contributed by atoms with Crippen LogP contribution in [0.5, 0.6) is 11.5 Å². The Balaban J connectivity index is 1.38. The summed E-state index contributed by atoms with van der Waals surface area (Å²) in [5.74, 6) is 0.943. The van der Waals surface area contributed by atoms with Gasteiger partial charge in [-0.05, 0) is 35.9 Å². The number of morpholine rings is 1. The summed E-state index contributed by atoms with van der Waals surface area (Å²) in [7, 11) is -3.52. The predicted molar refractivity (Wildman–Crippen MR) is 105 cm³/mol. The summed E-state index contributed by atoms with van der Waals surface area (Å²) in [6, 6.07) is 11.6. The zero-order valence-electron chi connectivity index (χ0n) is 15.8. The quantitative estimate of drug-likeness (QED) is 0.789. The molecule has 154 valence electrons. The molecule has 1 amide bonds. The number of sulfonamides is 1. The molecule has 0 atom stereocenters. The van der Waals surface area contributed by atoms with Crippen molar-refractivity contribution in [1.82, 2.24) is 9.62 Å². The second-order valence-electron chi connectivity index (χ2n) is 6.70. The van der Waals surface area contributed by atoms with E-state index < -0.39 is 10.0 Å². The second-order valence-corrected chi connectivity index (χ2v) is 8.64. The molecule has 2 heterocycles. The molecule has 0 radical (unpaired) electrons. The van der Waals surface area contributed by atoms with Crippen molar-refractivity contribution in [1.29, 1.82) is 0 Å². The number of rotatable bonds is 5. The molecular weight excluding hydrogens is 396 g/mol. The van der Waals surface area contributed by atoms with Crippen LogP contribution in [0.25, 0.3) is 0 Å². The lowest BCUT2D eigenvalue weighted by Crippen LogP contribution is -2.40. The number of nitrogens with one attached hydrogen (secondary N) is 1. The third-order valence-corrected chi connectivity index (χ3v) is 6.70. The minimum absolute atomic E-state index is 0.237. The molecule has 0 aliphatic carbocycles. The molecule has 0 unspecified atom stereocenters. The minimum atomic E-state index is -3.52. The Morgan fingerprint density at radius 1 is 0.931 bits per heavy atom. The van der Waals surface area contributed by atoms with Gasteiger partial charge in [-0.15, -0.1) is 0 Å². The maximum absolute atomic E-state index is 12.6. The number of fused-ring (bicyclic) bond motifs is 1. The SMILES string of the molecule is O=C(NCc1ccc(S(=O)(=O)N2CCOCC2)cc1)c1ccc2c(c1)OCCO2. The minimum Gasteiger partial charge on any atom is -0.486 e. The average Bonchev–Trinajstić information content (AvgIpc) is 2.78. The molecule has 9 heteroatoms. The van der Waals surface area contributed by atoms with Gasteiger partial charge in [0.25, 0.3) is 5.91 Å². The summed E-state index contributed by atoms with van der Waals surface area (Å²) >= 11 is 0. The third-order valence-electron chi connectivity index (χ3n) is 4.79. The molecule has 4 rings (SSSR count). The zero-order valence-corrected chi connectivity index (χ0v) is 16.6. The van der Waals surface area contributed by atoms with Crippen molar-refractivity contribution in [2.24, 2.45) is 0 Å². The molecule has 1 N–H and O–H groups in total. The molecule has 1 fully saturated rings. The van der Waals surface area contributed by atoms with E-state index in [1.54, 1.807) is 42.5 Å². The van der Waals surface area contributed by atoms with E-state index >= 15 is 0 Å². The van der Waals surface area contributed by atoms with E-state index in [0.717, 1.165) is 5.56 Å². The largest absolute Gasteiger partial charge is 0.486 e. The molecule has 8 nitrogen and oxygen atoms in total. The molecule has 0 bridgehead atoms. The summed E-state index contributed by atoms with van der Waals surface area (Å²) in [4.78, 5) is 12.7. The van der Waals surface area contributed by atoms with E-state index in [4.69, 9.17) is 14.2 Å². The van der Waals surface area contributed by atoms with Gasteiger partial charge < -0.3 is 19.5 Å². The molecular formula is C20H22N2O6S. The highest BCUT2D eigenvalue weighted by Gasteiger charge is 2.26. The van der Waals surface area contributed by atoms with Crippen LogP contribution in [-0.2, 0) is 21.3 Å². The average molecular weight is 418 g/mol. The highest BCUT2D eigenvalue weighted by Crippen LogP contribution is 2.30. The number of hydrogen-bond donors (Lipinski definition) is 1. The molecule has 1 saturated heterocycles. The molecule has 2 aliphatic heterocycles. The van der Waals surface area contributed by atoms with E-state index in [-0.39, 0.29) is 17.3 Å². The van der Waals surface area contributed by atoms with Crippen LogP contribution in [0.1, 0.15) is 15.9 Å². The van der Waals surface area contributed by atoms with Crippen LogP contribution in [0.3, 0.4) is 0 Å². The number of hydrogen-bond acceptors (Lipinski definition) is 6. The van der Waals surface area contributed by atoms with Gasteiger partial charge in [0.2, 0.25) is 10.0 Å². The van der Waals surface area contributed by atoms with Crippen molar-refractivity contribution >= 4 is 15.9 Å². The summed E-state index contributed by atoms with van der Waals surface area (Å²) in [5.41, 5.74) is 1.28. The molecule has 0 saturated carbocycles. The van der Waals surface area contributed by atoms with Gasteiger partial charge in [-0.1, -0.05) is 12.1 Å². The van der Waals surface area contributed by atoms with Gasteiger partial charge in [-0.2, -0.15) is 4.31 Å². The first kappa shape index (κ1) is 19.7. The van der Waals surface area contributed by atoms with E-state index in [1.165, 1.54) is 4.31 Å². The van der Waals surface area contributed by atoms with Crippen molar-refractivity contribution in [3.63, 3.8) is 0 Å². The Morgan fingerprint density at radius 2 is 1.62 bits per heavy atom. The Labute approximate surface area is 169 Å². The highest BCUT2D eigenvalue weighted by molar-refractivity contribution is 7.89. The van der Waals surface area contributed by atoms with Crippen LogP contribution in [0.15, 0.2) is 47.4 Å². The van der Waals surface area contributed by atoms with Crippen LogP contribution in [0, 0.1) is 0 Å². The standard InChI is InChI=1S/C20H22N2O6S/c23-20(16-3-6-18-19(13-16)28-12-11-27-18)21-14-15-1-4-17(5-2-15)29(24,25)22-7-9-26-10-8-22/h1-6,13H,7-12,14H2,(H,21,23). The number of carbonyl (C=O) groups is 1. The summed E-state index contributed by atoms with van der Waals surface area (Å²) in [6.45, 7) is 2.76. The van der Waals surface area contributed by atoms with Crippen LogP contribution >= 0.6 is 0 Å². The molecule has 0 spiro atoms. The Morgan fingerprint density at radius 3 is 2.34 bits per heavy atom. The Bertz CT molecular complexity index is 985. The summed E-state index contributed by atoms with van der Waals surface area (Å²) in [5, 5.41) is 2.83. The van der Waals surface area contributed by atoms with Gasteiger partial charge >= 0.3 is 0 Å². The van der Waals surface area contributed by atoms with Gasteiger partial charge in [0.05, 0.1) is 18.1 Å². The van der Waals surface area contributed by atoms with Crippen LogP contribution < -0.4 is 14.8 Å². The lowest BCUT2D eigenvalue weighted by molar-refractivity contribution is 0.0730.